The van der Waals surface area contributed by atoms with Gasteiger partial charge >= 0.3 is 0 Å². The molecule has 2 aromatic rings. The summed E-state index contributed by atoms with van der Waals surface area (Å²) in [5.74, 6) is 2.02. The van der Waals surface area contributed by atoms with E-state index in [1.807, 2.05) is 18.2 Å². The molecule has 2 heterocycles. The van der Waals surface area contributed by atoms with E-state index >= 15 is 0 Å². The predicted molar refractivity (Wildman–Crippen MR) is 115 cm³/mol. The molecule has 1 aromatic heterocycles. The molecular formula is C20H27FIN3O2. The van der Waals surface area contributed by atoms with Gasteiger partial charge in [-0.25, -0.2) is 9.38 Å². The molecule has 27 heavy (non-hydrogen) atoms. The average molecular weight is 487 g/mol. The number of guanidine groups is 1. The van der Waals surface area contributed by atoms with E-state index in [4.69, 9.17) is 9.15 Å². The van der Waals surface area contributed by atoms with Crippen LogP contribution in [-0.4, -0.2) is 32.3 Å². The van der Waals surface area contributed by atoms with Gasteiger partial charge in [-0.3, -0.25) is 0 Å². The van der Waals surface area contributed by atoms with Crippen LogP contribution in [-0.2, 0) is 17.7 Å². The monoisotopic (exact) mass is 487 g/mol. The lowest BCUT2D eigenvalue weighted by Crippen LogP contribution is -2.40. The maximum atomic E-state index is 13.4. The fourth-order valence-corrected chi connectivity index (χ4v) is 2.89. The molecule has 1 saturated heterocycles. The molecule has 1 aromatic carbocycles. The van der Waals surface area contributed by atoms with Crippen LogP contribution in [0.4, 0.5) is 4.39 Å². The number of hydrogen-bond donors (Lipinski definition) is 2. The van der Waals surface area contributed by atoms with Crippen molar-refractivity contribution in [3.05, 3.63) is 59.3 Å². The molecule has 148 valence electrons. The fraction of sp³-hybridized carbons (Fsp3) is 0.450. The van der Waals surface area contributed by atoms with Gasteiger partial charge in [0, 0.05) is 32.0 Å². The Balaban J connectivity index is 0.00000261. The highest BCUT2D eigenvalue weighted by Gasteiger charge is 2.15. The fourth-order valence-electron chi connectivity index (χ4n) is 2.89. The SMILES string of the molecule is Cc1cc(CN=C(NCCc2ccco2)NCC2CCOC2)ccc1F.I. The Hall–Kier alpha value is -1.61. The maximum Gasteiger partial charge on any atom is 0.191 e. The van der Waals surface area contributed by atoms with Crippen LogP contribution in [0.3, 0.4) is 0 Å². The number of halogens is 2. The third kappa shape index (κ3) is 7.14. The molecule has 1 aliphatic heterocycles. The molecule has 0 bridgehead atoms. The smallest absolute Gasteiger partial charge is 0.191 e. The second-order valence-corrected chi connectivity index (χ2v) is 6.62. The quantitative estimate of drug-likeness (QED) is 0.356. The molecule has 1 unspecified atom stereocenters. The largest absolute Gasteiger partial charge is 0.469 e. The van der Waals surface area contributed by atoms with Crippen molar-refractivity contribution in [2.24, 2.45) is 10.9 Å². The van der Waals surface area contributed by atoms with E-state index in [2.05, 4.69) is 15.6 Å². The van der Waals surface area contributed by atoms with Crippen molar-refractivity contribution in [2.45, 2.75) is 26.3 Å². The van der Waals surface area contributed by atoms with Crippen LogP contribution in [0.25, 0.3) is 0 Å². The van der Waals surface area contributed by atoms with Crippen molar-refractivity contribution in [1.29, 1.82) is 0 Å². The van der Waals surface area contributed by atoms with Crippen LogP contribution >= 0.6 is 24.0 Å². The Morgan fingerprint density at radius 2 is 2.19 bits per heavy atom. The first-order valence-corrected chi connectivity index (χ1v) is 9.08. The van der Waals surface area contributed by atoms with Gasteiger partial charge in [0.1, 0.15) is 11.6 Å². The lowest BCUT2D eigenvalue weighted by atomic mass is 10.1. The van der Waals surface area contributed by atoms with Crippen molar-refractivity contribution in [1.82, 2.24) is 10.6 Å². The second kappa shape index (κ2) is 11.3. The Morgan fingerprint density at radius 3 is 2.89 bits per heavy atom. The first kappa shape index (κ1) is 21.7. The van der Waals surface area contributed by atoms with Gasteiger partial charge in [0.15, 0.2) is 5.96 Å². The summed E-state index contributed by atoms with van der Waals surface area (Å²) in [5.41, 5.74) is 1.63. The number of nitrogens with zero attached hydrogens (tertiary/aromatic N) is 1. The zero-order valence-electron chi connectivity index (χ0n) is 15.5. The molecule has 2 N–H and O–H groups in total. The van der Waals surface area contributed by atoms with E-state index in [0.29, 0.717) is 18.0 Å². The number of ether oxygens (including phenoxy) is 1. The molecular weight excluding hydrogens is 460 g/mol. The van der Waals surface area contributed by atoms with Crippen molar-refractivity contribution in [3.63, 3.8) is 0 Å². The predicted octanol–water partition coefficient (Wildman–Crippen LogP) is 3.66. The lowest BCUT2D eigenvalue weighted by Gasteiger charge is -2.15. The second-order valence-electron chi connectivity index (χ2n) is 6.62. The molecule has 3 rings (SSSR count). The normalized spacial score (nSPS) is 16.8. The van der Waals surface area contributed by atoms with Gasteiger partial charge in [-0.05, 0) is 42.7 Å². The molecule has 1 aliphatic rings. The molecule has 0 saturated carbocycles. The summed E-state index contributed by atoms with van der Waals surface area (Å²) < 4.78 is 24.2. The minimum absolute atomic E-state index is 0. The Labute approximate surface area is 176 Å². The molecule has 0 aliphatic carbocycles. The highest BCUT2D eigenvalue weighted by Crippen LogP contribution is 2.11. The number of aryl methyl sites for hydroxylation is 1. The van der Waals surface area contributed by atoms with Gasteiger partial charge < -0.3 is 19.8 Å². The first-order chi connectivity index (χ1) is 12.7. The highest BCUT2D eigenvalue weighted by atomic mass is 127. The molecule has 0 amide bonds. The van der Waals surface area contributed by atoms with Gasteiger partial charge in [0.25, 0.3) is 0 Å². The van der Waals surface area contributed by atoms with Crippen LogP contribution in [0.2, 0.25) is 0 Å². The molecule has 1 atom stereocenters. The zero-order chi connectivity index (χ0) is 18.2. The van der Waals surface area contributed by atoms with Crippen LogP contribution in [0.15, 0.2) is 46.0 Å². The summed E-state index contributed by atoms with van der Waals surface area (Å²) in [7, 11) is 0. The summed E-state index contributed by atoms with van der Waals surface area (Å²) in [5, 5.41) is 6.73. The minimum Gasteiger partial charge on any atom is -0.469 e. The van der Waals surface area contributed by atoms with Gasteiger partial charge in [0.2, 0.25) is 0 Å². The highest BCUT2D eigenvalue weighted by molar-refractivity contribution is 14.0. The summed E-state index contributed by atoms with van der Waals surface area (Å²) in [6, 6.07) is 8.96. The molecule has 0 radical (unpaired) electrons. The standard InChI is InChI=1S/C20H26FN3O2.HI/c1-15-11-16(4-5-19(15)21)12-23-20(24-13-17-7-10-25-14-17)22-8-6-18-3-2-9-26-18;/h2-5,9,11,17H,6-8,10,12-14H2,1H3,(H2,22,23,24);1H. The zero-order valence-corrected chi connectivity index (χ0v) is 17.9. The average Bonchev–Trinajstić information content (AvgIpc) is 3.33. The van der Waals surface area contributed by atoms with Gasteiger partial charge in [-0.15, -0.1) is 24.0 Å². The summed E-state index contributed by atoms with van der Waals surface area (Å²) in [6.45, 7) is 5.45. The van der Waals surface area contributed by atoms with E-state index in [-0.39, 0.29) is 29.8 Å². The topological polar surface area (TPSA) is 58.8 Å². The maximum absolute atomic E-state index is 13.4. The van der Waals surface area contributed by atoms with Gasteiger partial charge in [0.05, 0.1) is 19.4 Å². The Bertz CT molecular complexity index is 716. The van der Waals surface area contributed by atoms with Crippen molar-refractivity contribution >= 4 is 29.9 Å². The van der Waals surface area contributed by atoms with Crippen molar-refractivity contribution in [2.75, 3.05) is 26.3 Å². The first-order valence-electron chi connectivity index (χ1n) is 9.08. The van der Waals surface area contributed by atoms with Crippen molar-refractivity contribution < 1.29 is 13.5 Å². The van der Waals surface area contributed by atoms with E-state index in [9.17, 15) is 4.39 Å². The van der Waals surface area contributed by atoms with Crippen LogP contribution in [0.5, 0.6) is 0 Å². The van der Waals surface area contributed by atoms with E-state index in [0.717, 1.165) is 56.4 Å². The Kier molecular flexibility index (Phi) is 9.06. The lowest BCUT2D eigenvalue weighted by molar-refractivity contribution is 0.186. The molecule has 5 nitrogen and oxygen atoms in total. The van der Waals surface area contributed by atoms with E-state index < -0.39 is 0 Å². The summed E-state index contributed by atoms with van der Waals surface area (Å²) in [4.78, 5) is 4.65. The summed E-state index contributed by atoms with van der Waals surface area (Å²) >= 11 is 0. The molecule has 0 spiro atoms. The van der Waals surface area contributed by atoms with Crippen molar-refractivity contribution in [3.8, 4) is 0 Å². The number of furan rings is 1. The summed E-state index contributed by atoms with van der Waals surface area (Å²) in [6.07, 6.45) is 3.54. The van der Waals surface area contributed by atoms with E-state index in [1.165, 1.54) is 6.07 Å². The van der Waals surface area contributed by atoms with E-state index in [1.54, 1.807) is 19.3 Å². The number of hydrogen-bond acceptors (Lipinski definition) is 3. The third-order valence-electron chi connectivity index (χ3n) is 4.47. The number of rotatable bonds is 7. The van der Waals surface area contributed by atoms with Crippen LogP contribution in [0, 0.1) is 18.7 Å². The molecule has 1 fully saturated rings. The number of aliphatic imine (C=N–C) groups is 1. The van der Waals surface area contributed by atoms with Crippen LogP contribution in [0.1, 0.15) is 23.3 Å². The minimum atomic E-state index is -0.186. The van der Waals surface area contributed by atoms with Gasteiger partial charge in [-0.1, -0.05) is 12.1 Å². The number of benzene rings is 1. The number of nitrogens with one attached hydrogen (secondary N) is 2. The molecule has 7 heteroatoms. The Morgan fingerprint density at radius 1 is 1.30 bits per heavy atom. The van der Waals surface area contributed by atoms with Gasteiger partial charge in [-0.2, -0.15) is 0 Å². The third-order valence-corrected chi connectivity index (χ3v) is 4.47. The van der Waals surface area contributed by atoms with Crippen LogP contribution < -0.4 is 10.6 Å².